The summed E-state index contributed by atoms with van der Waals surface area (Å²) >= 11 is 0. The average Bonchev–Trinajstić information content (AvgIpc) is 2.16. The van der Waals surface area contributed by atoms with Crippen molar-refractivity contribution in [2.24, 2.45) is 5.41 Å². The topological polar surface area (TPSA) is 21.3 Å². The third-order valence-corrected chi connectivity index (χ3v) is 4.49. The van der Waals surface area contributed by atoms with Gasteiger partial charge in [0.15, 0.2) is 0 Å². The van der Waals surface area contributed by atoms with Crippen molar-refractivity contribution in [1.29, 1.82) is 0 Å². The Hall–Kier alpha value is -0.0800. The lowest BCUT2D eigenvalue weighted by Crippen LogP contribution is -2.69. The van der Waals surface area contributed by atoms with Gasteiger partial charge in [-0.1, -0.05) is 20.8 Å². The van der Waals surface area contributed by atoms with Gasteiger partial charge in [-0.3, -0.25) is 0 Å². The zero-order chi connectivity index (χ0) is 10.4. The van der Waals surface area contributed by atoms with E-state index in [1.165, 1.54) is 12.8 Å². The molecule has 14 heavy (non-hydrogen) atoms. The summed E-state index contributed by atoms with van der Waals surface area (Å²) in [5.74, 6) is 0. The van der Waals surface area contributed by atoms with Crippen molar-refractivity contribution in [1.82, 2.24) is 5.32 Å². The molecular formula is C12H23NO. The van der Waals surface area contributed by atoms with Gasteiger partial charge in [0.05, 0.1) is 11.2 Å². The predicted octanol–water partition coefficient (Wildman–Crippen LogP) is 2.33. The van der Waals surface area contributed by atoms with E-state index in [0.29, 0.717) is 5.41 Å². The Morgan fingerprint density at radius 2 is 1.86 bits per heavy atom. The summed E-state index contributed by atoms with van der Waals surface area (Å²) in [7, 11) is 0. The van der Waals surface area contributed by atoms with Crippen molar-refractivity contribution < 1.29 is 4.74 Å². The maximum Gasteiger partial charge on any atom is 0.0865 e. The van der Waals surface area contributed by atoms with Crippen LogP contribution in [0.5, 0.6) is 0 Å². The number of hydrogen-bond acceptors (Lipinski definition) is 2. The highest BCUT2D eigenvalue weighted by Crippen LogP contribution is 2.54. The zero-order valence-electron chi connectivity index (χ0n) is 9.94. The maximum atomic E-state index is 6.40. The van der Waals surface area contributed by atoms with Crippen LogP contribution in [-0.2, 0) is 4.74 Å². The number of nitrogens with one attached hydrogen (secondary N) is 1. The molecule has 2 unspecified atom stereocenters. The fraction of sp³-hybridized carbons (Fsp3) is 1.00. The van der Waals surface area contributed by atoms with Crippen LogP contribution in [0.2, 0.25) is 0 Å². The largest absolute Gasteiger partial charge is 0.366 e. The Balaban J connectivity index is 2.15. The van der Waals surface area contributed by atoms with Gasteiger partial charge in [-0.25, -0.2) is 0 Å². The van der Waals surface area contributed by atoms with Gasteiger partial charge in [0.1, 0.15) is 0 Å². The Morgan fingerprint density at radius 1 is 1.14 bits per heavy atom. The van der Waals surface area contributed by atoms with Crippen LogP contribution in [0, 0.1) is 5.41 Å². The van der Waals surface area contributed by atoms with Gasteiger partial charge in [-0.05, 0) is 31.6 Å². The van der Waals surface area contributed by atoms with Gasteiger partial charge in [-0.15, -0.1) is 0 Å². The van der Waals surface area contributed by atoms with Crippen molar-refractivity contribution >= 4 is 0 Å². The van der Waals surface area contributed by atoms with E-state index in [-0.39, 0.29) is 11.2 Å². The van der Waals surface area contributed by atoms with Crippen LogP contribution in [0.25, 0.3) is 0 Å². The summed E-state index contributed by atoms with van der Waals surface area (Å²) in [6.45, 7) is 11.2. The molecule has 2 heteroatoms. The molecule has 2 nitrogen and oxygen atoms in total. The molecule has 1 aliphatic heterocycles. The number of rotatable bonds is 1. The van der Waals surface area contributed by atoms with Crippen LogP contribution in [0.4, 0.5) is 0 Å². The Bertz CT molecular complexity index is 238. The highest BCUT2D eigenvalue weighted by Gasteiger charge is 2.57. The number of morpholine rings is 1. The van der Waals surface area contributed by atoms with Crippen LogP contribution in [-0.4, -0.2) is 24.3 Å². The molecule has 1 spiro atoms. The highest BCUT2D eigenvalue weighted by molar-refractivity contribution is 5.09. The molecule has 2 fully saturated rings. The smallest absolute Gasteiger partial charge is 0.0865 e. The molecule has 2 atom stereocenters. The molecule has 82 valence electrons. The van der Waals surface area contributed by atoms with E-state index in [1.807, 2.05) is 0 Å². The fourth-order valence-electron chi connectivity index (χ4n) is 2.69. The quantitative estimate of drug-likeness (QED) is 0.696. The highest BCUT2D eigenvalue weighted by atomic mass is 16.5. The first kappa shape index (κ1) is 10.4. The number of hydrogen-bond donors (Lipinski definition) is 1. The lowest BCUT2D eigenvalue weighted by atomic mass is 9.58. The van der Waals surface area contributed by atoms with Crippen LogP contribution in [0.3, 0.4) is 0 Å². The normalized spacial score (nSPS) is 46.3. The van der Waals surface area contributed by atoms with E-state index in [2.05, 4.69) is 33.0 Å². The summed E-state index contributed by atoms with van der Waals surface area (Å²) in [6, 6.07) is 0. The SMILES string of the molecule is CCC1(C)CNCC2(CCC2(C)C)O1. The third kappa shape index (κ3) is 1.31. The third-order valence-electron chi connectivity index (χ3n) is 4.49. The summed E-state index contributed by atoms with van der Waals surface area (Å²) in [6.07, 6.45) is 3.62. The van der Waals surface area contributed by atoms with Gasteiger partial charge in [0, 0.05) is 13.1 Å². The van der Waals surface area contributed by atoms with Gasteiger partial charge in [0.2, 0.25) is 0 Å². The Morgan fingerprint density at radius 3 is 2.29 bits per heavy atom. The molecule has 1 saturated heterocycles. The molecule has 2 rings (SSSR count). The molecular weight excluding hydrogens is 174 g/mol. The van der Waals surface area contributed by atoms with Gasteiger partial charge >= 0.3 is 0 Å². The van der Waals surface area contributed by atoms with Gasteiger partial charge < -0.3 is 10.1 Å². The van der Waals surface area contributed by atoms with E-state index in [4.69, 9.17) is 4.74 Å². The Labute approximate surface area is 87.4 Å². The van der Waals surface area contributed by atoms with Crippen LogP contribution in [0.15, 0.2) is 0 Å². The van der Waals surface area contributed by atoms with E-state index in [9.17, 15) is 0 Å². The molecule has 2 aliphatic rings. The molecule has 0 radical (unpaired) electrons. The second kappa shape index (κ2) is 2.96. The maximum absolute atomic E-state index is 6.40. The average molecular weight is 197 g/mol. The first-order chi connectivity index (χ1) is 6.43. The molecule has 0 aromatic rings. The van der Waals surface area contributed by atoms with E-state index >= 15 is 0 Å². The van der Waals surface area contributed by atoms with E-state index in [0.717, 1.165) is 19.5 Å². The second-order valence-corrected chi connectivity index (χ2v) is 5.89. The summed E-state index contributed by atoms with van der Waals surface area (Å²) in [5.41, 5.74) is 0.531. The van der Waals surface area contributed by atoms with Gasteiger partial charge in [0.25, 0.3) is 0 Å². The van der Waals surface area contributed by atoms with Crippen LogP contribution < -0.4 is 5.32 Å². The molecule has 0 bridgehead atoms. The molecule has 1 saturated carbocycles. The number of ether oxygens (including phenoxy) is 1. The molecule has 1 aliphatic carbocycles. The first-order valence-electron chi connectivity index (χ1n) is 5.84. The summed E-state index contributed by atoms with van der Waals surface area (Å²) in [4.78, 5) is 0. The minimum Gasteiger partial charge on any atom is -0.366 e. The predicted molar refractivity (Wildman–Crippen MR) is 58.4 cm³/mol. The minimum absolute atomic E-state index is 0.0515. The van der Waals surface area contributed by atoms with Crippen molar-refractivity contribution in [2.45, 2.75) is 58.2 Å². The minimum atomic E-state index is 0.0515. The second-order valence-electron chi connectivity index (χ2n) is 5.89. The lowest BCUT2D eigenvalue weighted by molar-refractivity contribution is -0.262. The first-order valence-corrected chi connectivity index (χ1v) is 5.84. The van der Waals surface area contributed by atoms with Crippen LogP contribution in [0.1, 0.15) is 47.0 Å². The van der Waals surface area contributed by atoms with Crippen LogP contribution >= 0.6 is 0 Å². The molecule has 1 heterocycles. The summed E-state index contributed by atoms with van der Waals surface area (Å²) in [5, 5.41) is 3.55. The zero-order valence-corrected chi connectivity index (χ0v) is 9.94. The molecule has 1 N–H and O–H groups in total. The Kier molecular flexibility index (Phi) is 2.20. The van der Waals surface area contributed by atoms with Crippen molar-refractivity contribution in [2.75, 3.05) is 13.1 Å². The molecule has 0 aromatic carbocycles. The van der Waals surface area contributed by atoms with E-state index in [1.54, 1.807) is 0 Å². The van der Waals surface area contributed by atoms with Gasteiger partial charge in [-0.2, -0.15) is 0 Å². The lowest BCUT2D eigenvalue weighted by Gasteiger charge is -2.61. The standard InChI is InChI=1S/C12H23NO/c1-5-11(4)8-13-9-12(14-11)7-6-10(12,2)3/h13H,5-9H2,1-4H3. The monoisotopic (exact) mass is 197 g/mol. The van der Waals surface area contributed by atoms with Crippen molar-refractivity contribution in [3.05, 3.63) is 0 Å². The molecule has 0 aromatic heterocycles. The van der Waals surface area contributed by atoms with Crippen molar-refractivity contribution in [3.63, 3.8) is 0 Å². The van der Waals surface area contributed by atoms with E-state index < -0.39 is 0 Å². The molecule has 0 amide bonds. The fourth-order valence-corrected chi connectivity index (χ4v) is 2.69. The van der Waals surface area contributed by atoms with Crippen molar-refractivity contribution in [3.8, 4) is 0 Å². The summed E-state index contributed by atoms with van der Waals surface area (Å²) < 4.78 is 6.40.